The van der Waals surface area contributed by atoms with E-state index in [0.29, 0.717) is 18.4 Å². The molecule has 0 atom stereocenters. The number of nitro groups is 1. The number of nitro benzene ring substituents is 1. The van der Waals surface area contributed by atoms with E-state index in [1.165, 1.54) is 19.1 Å². The highest BCUT2D eigenvalue weighted by molar-refractivity contribution is 5.91. The maximum Gasteiger partial charge on any atom is 0.293 e. The van der Waals surface area contributed by atoms with Gasteiger partial charge < -0.3 is 5.32 Å². The van der Waals surface area contributed by atoms with Crippen molar-refractivity contribution in [2.24, 2.45) is 0 Å². The monoisotopic (exact) mass is 233 g/mol. The quantitative estimate of drug-likeness (QED) is 0.635. The first kappa shape index (κ1) is 12.6. The standard InChI is InChI=1S/C11H11N3O3/c1-8(15)13-10-5-4-9(3-2-6-12)7-11(10)14(16)17/h4-5,7H,2-3H2,1H3,(H,13,15). The van der Waals surface area contributed by atoms with Crippen LogP contribution in [0.1, 0.15) is 18.9 Å². The molecule has 6 heteroatoms. The van der Waals surface area contributed by atoms with Crippen LogP contribution in [0.15, 0.2) is 18.2 Å². The van der Waals surface area contributed by atoms with Crippen LogP contribution in [0.5, 0.6) is 0 Å². The van der Waals surface area contributed by atoms with Crippen LogP contribution in [-0.2, 0) is 11.2 Å². The van der Waals surface area contributed by atoms with Crippen LogP contribution in [0.3, 0.4) is 0 Å². The van der Waals surface area contributed by atoms with E-state index < -0.39 is 4.92 Å². The Morgan fingerprint density at radius 2 is 2.29 bits per heavy atom. The van der Waals surface area contributed by atoms with E-state index in [4.69, 9.17) is 5.26 Å². The Morgan fingerprint density at radius 1 is 1.59 bits per heavy atom. The molecular formula is C11H11N3O3. The maximum absolute atomic E-state index is 10.9. The van der Waals surface area contributed by atoms with Crippen molar-refractivity contribution in [3.05, 3.63) is 33.9 Å². The number of hydrogen-bond donors (Lipinski definition) is 1. The van der Waals surface area contributed by atoms with E-state index >= 15 is 0 Å². The van der Waals surface area contributed by atoms with Gasteiger partial charge in [-0.1, -0.05) is 6.07 Å². The van der Waals surface area contributed by atoms with Crippen molar-refractivity contribution in [1.82, 2.24) is 0 Å². The van der Waals surface area contributed by atoms with E-state index in [1.54, 1.807) is 6.07 Å². The zero-order valence-corrected chi connectivity index (χ0v) is 9.27. The number of nitrogens with zero attached hydrogens (tertiary/aromatic N) is 2. The molecule has 0 bridgehead atoms. The lowest BCUT2D eigenvalue weighted by Gasteiger charge is -2.05. The molecule has 0 heterocycles. The normalized spacial score (nSPS) is 9.41. The van der Waals surface area contributed by atoms with Gasteiger partial charge in [0.25, 0.3) is 5.69 Å². The molecule has 1 aromatic rings. The summed E-state index contributed by atoms with van der Waals surface area (Å²) in [4.78, 5) is 21.1. The van der Waals surface area contributed by atoms with Gasteiger partial charge in [-0.2, -0.15) is 5.26 Å². The molecule has 0 saturated carbocycles. The minimum absolute atomic E-state index is 0.157. The highest BCUT2D eigenvalue weighted by Gasteiger charge is 2.15. The van der Waals surface area contributed by atoms with E-state index in [-0.39, 0.29) is 17.3 Å². The van der Waals surface area contributed by atoms with Crippen LogP contribution in [-0.4, -0.2) is 10.8 Å². The lowest BCUT2D eigenvalue weighted by Crippen LogP contribution is -2.08. The molecule has 6 nitrogen and oxygen atoms in total. The highest BCUT2D eigenvalue weighted by atomic mass is 16.6. The van der Waals surface area contributed by atoms with Gasteiger partial charge in [0.05, 0.1) is 11.0 Å². The summed E-state index contributed by atoms with van der Waals surface area (Å²) in [6, 6.07) is 6.49. The van der Waals surface area contributed by atoms with E-state index in [1.807, 2.05) is 6.07 Å². The van der Waals surface area contributed by atoms with Gasteiger partial charge in [-0.05, 0) is 18.1 Å². The Balaban J connectivity index is 3.04. The summed E-state index contributed by atoms with van der Waals surface area (Å²) in [7, 11) is 0. The maximum atomic E-state index is 10.9. The zero-order valence-electron chi connectivity index (χ0n) is 9.27. The Labute approximate surface area is 98.0 Å². The fraction of sp³-hybridized carbons (Fsp3) is 0.273. The van der Waals surface area contributed by atoms with Gasteiger partial charge in [-0.15, -0.1) is 0 Å². The Kier molecular flexibility index (Phi) is 4.17. The lowest BCUT2D eigenvalue weighted by atomic mass is 10.1. The lowest BCUT2D eigenvalue weighted by molar-refractivity contribution is -0.384. The first-order valence-corrected chi connectivity index (χ1v) is 4.96. The summed E-state index contributed by atoms with van der Waals surface area (Å²) in [5.74, 6) is -0.363. The van der Waals surface area contributed by atoms with Crippen molar-refractivity contribution in [3.8, 4) is 6.07 Å². The van der Waals surface area contributed by atoms with Crippen LogP contribution in [0.2, 0.25) is 0 Å². The zero-order chi connectivity index (χ0) is 12.8. The fourth-order valence-electron chi connectivity index (χ4n) is 1.38. The number of nitriles is 1. The molecule has 0 radical (unpaired) electrons. The summed E-state index contributed by atoms with van der Waals surface area (Å²) >= 11 is 0. The molecule has 1 N–H and O–H groups in total. The average Bonchev–Trinajstić information content (AvgIpc) is 2.26. The SMILES string of the molecule is CC(=O)Nc1ccc(CCC#N)cc1[N+](=O)[O-]. The van der Waals surface area contributed by atoms with Crippen molar-refractivity contribution in [3.63, 3.8) is 0 Å². The second kappa shape index (κ2) is 5.61. The summed E-state index contributed by atoms with van der Waals surface area (Å²) in [6.45, 7) is 1.29. The van der Waals surface area contributed by atoms with Crippen molar-refractivity contribution >= 4 is 17.3 Å². The molecule has 1 amide bonds. The fourth-order valence-corrected chi connectivity index (χ4v) is 1.38. The van der Waals surface area contributed by atoms with Crippen molar-refractivity contribution in [2.75, 3.05) is 5.32 Å². The number of nitrogens with one attached hydrogen (secondary N) is 1. The topological polar surface area (TPSA) is 96.0 Å². The molecule has 0 aliphatic heterocycles. The van der Waals surface area contributed by atoms with Gasteiger partial charge in [0, 0.05) is 19.4 Å². The van der Waals surface area contributed by atoms with Crippen LogP contribution in [0.25, 0.3) is 0 Å². The molecule has 1 aromatic carbocycles. The third-order valence-corrected chi connectivity index (χ3v) is 2.10. The number of carbonyl (C=O) groups excluding carboxylic acids is 1. The second-order valence-corrected chi connectivity index (χ2v) is 3.45. The first-order valence-electron chi connectivity index (χ1n) is 4.96. The van der Waals surface area contributed by atoms with Gasteiger partial charge >= 0.3 is 0 Å². The third-order valence-electron chi connectivity index (χ3n) is 2.10. The molecule has 0 aromatic heterocycles. The predicted molar refractivity (Wildman–Crippen MR) is 61.3 cm³/mol. The molecule has 0 unspecified atom stereocenters. The summed E-state index contributed by atoms with van der Waals surface area (Å²) in [6.07, 6.45) is 0.758. The molecule has 0 fully saturated rings. The second-order valence-electron chi connectivity index (χ2n) is 3.45. The molecule has 0 aliphatic carbocycles. The number of benzene rings is 1. The summed E-state index contributed by atoms with van der Waals surface area (Å²) < 4.78 is 0. The third kappa shape index (κ3) is 3.57. The Hall–Kier alpha value is -2.42. The number of hydrogen-bond acceptors (Lipinski definition) is 4. The van der Waals surface area contributed by atoms with E-state index in [0.717, 1.165) is 0 Å². The summed E-state index contributed by atoms with van der Waals surface area (Å²) in [5, 5.41) is 21.6. The smallest absolute Gasteiger partial charge is 0.293 e. The average molecular weight is 233 g/mol. The highest BCUT2D eigenvalue weighted by Crippen LogP contribution is 2.26. The van der Waals surface area contributed by atoms with Crippen LogP contribution in [0.4, 0.5) is 11.4 Å². The van der Waals surface area contributed by atoms with Crippen LogP contribution in [0, 0.1) is 21.4 Å². The van der Waals surface area contributed by atoms with E-state index in [9.17, 15) is 14.9 Å². The van der Waals surface area contributed by atoms with Gasteiger partial charge in [-0.25, -0.2) is 0 Å². The number of amides is 1. The molecule has 0 spiro atoms. The van der Waals surface area contributed by atoms with Crippen molar-refractivity contribution < 1.29 is 9.72 Å². The molecule has 88 valence electrons. The van der Waals surface area contributed by atoms with Crippen LogP contribution >= 0.6 is 0 Å². The minimum atomic E-state index is -0.554. The number of aryl methyl sites for hydroxylation is 1. The Morgan fingerprint density at radius 3 is 2.82 bits per heavy atom. The summed E-state index contributed by atoms with van der Waals surface area (Å²) in [5.41, 5.74) is 0.714. The Bertz CT molecular complexity index is 491. The number of rotatable bonds is 4. The molecular weight excluding hydrogens is 222 g/mol. The van der Waals surface area contributed by atoms with Crippen LogP contribution < -0.4 is 5.32 Å². The van der Waals surface area contributed by atoms with E-state index in [2.05, 4.69) is 5.32 Å². The largest absolute Gasteiger partial charge is 0.321 e. The molecule has 1 rings (SSSR count). The van der Waals surface area contributed by atoms with Gasteiger partial charge in [0.1, 0.15) is 5.69 Å². The molecule has 0 saturated heterocycles. The van der Waals surface area contributed by atoms with Gasteiger partial charge in [0.15, 0.2) is 0 Å². The van der Waals surface area contributed by atoms with Gasteiger partial charge in [0.2, 0.25) is 5.91 Å². The number of anilines is 1. The minimum Gasteiger partial charge on any atom is -0.321 e. The number of carbonyl (C=O) groups is 1. The van der Waals surface area contributed by atoms with Crippen molar-refractivity contribution in [1.29, 1.82) is 5.26 Å². The van der Waals surface area contributed by atoms with Gasteiger partial charge in [-0.3, -0.25) is 14.9 Å². The van der Waals surface area contributed by atoms with Crippen molar-refractivity contribution in [2.45, 2.75) is 19.8 Å². The predicted octanol–water partition coefficient (Wildman–Crippen LogP) is 2.01. The molecule has 0 aliphatic rings. The first-order chi connectivity index (χ1) is 8.04. The molecule has 17 heavy (non-hydrogen) atoms.